The van der Waals surface area contributed by atoms with Gasteiger partial charge in [-0.05, 0) is 48.8 Å². The third-order valence-corrected chi connectivity index (χ3v) is 3.26. The van der Waals surface area contributed by atoms with Crippen molar-refractivity contribution in [3.05, 3.63) is 29.3 Å². The van der Waals surface area contributed by atoms with Crippen molar-refractivity contribution in [1.29, 1.82) is 0 Å². The fourth-order valence-electron chi connectivity index (χ4n) is 2.20. The number of hydrogen-bond donors (Lipinski definition) is 1. The minimum absolute atomic E-state index is 0.488. The lowest BCUT2D eigenvalue weighted by atomic mass is 9.95. The lowest BCUT2D eigenvalue weighted by molar-refractivity contribution is 0.462. The SMILES string of the molecule is CCCCc1cccc(O)c1CCCC(C)C. The third kappa shape index (κ3) is 4.80. The molecule has 0 atom stereocenters. The zero-order chi connectivity index (χ0) is 12.7. The first-order valence-corrected chi connectivity index (χ1v) is 6.94. The first kappa shape index (κ1) is 14.1. The lowest BCUT2D eigenvalue weighted by Crippen LogP contribution is -1.97. The van der Waals surface area contributed by atoms with Crippen LogP contribution >= 0.6 is 0 Å². The second-order valence-electron chi connectivity index (χ2n) is 5.30. The van der Waals surface area contributed by atoms with E-state index in [2.05, 4.69) is 26.8 Å². The van der Waals surface area contributed by atoms with Gasteiger partial charge in [-0.2, -0.15) is 0 Å². The number of hydrogen-bond acceptors (Lipinski definition) is 1. The van der Waals surface area contributed by atoms with Crippen LogP contribution in [0.15, 0.2) is 18.2 Å². The van der Waals surface area contributed by atoms with Gasteiger partial charge in [0.15, 0.2) is 0 Å². The summed E-state index contributed by atoms with van der Waals surface area (Å²) in [7, 11) is 0. The summed E-state index contributed by atoms with van der Waals surface area (Å²) >= 11 is 0. The molecule has 0 fully saturated rings. The van der Waals surface area contributed by atoms with Crippen LogP contribution in [0.2, 0.25) is 0 Å². The van der Waals surface area contributed by atoms with Crippen molar-refractivity contribution in [2.75, 3.05) is 0 Å². The second kappa shape index (κ2) is 7.37. The Bertz CT molecular complexity index is 328. The van der Waals surface area contributed by atoms with E-state index in [4.69, 9.17) is 0 Å². The van der Waals surface area contributed by atoms with Crippen LogP contribution in [0, 0.1) is 5.92 Å². The van der Waals surface area contributed by atoms with Crippen molar-refractivity contribution < 1.29 is 5.11 Å². The fraction of sp³-hybridized carbons (Fsp3) is 0.625. The van der Waals surface area contributed by atoms with Gasteiger partial charge in [-0.15, -0.1) is 0 Å². The number of unbranched alkanes of at least 4 members (excludes halogenated alkanes) is 1. The first-order chi connectivity index (χ1) is 8.15. The van der Waals surface area contributed by atoms with Gasteiger partial charge in [-0.1, -0.05) is 45.7 Å². The van der Waals surface area contributed by atoms with Crippen LogP contribution in [0.25, 0.3) is 0 Å². The van der Waals surface area contributed by atoms with Crippen molar-refractivity contribution in [2.24, 2.45) is 5.92 Å². The summed E-state index contributed by atoms with van der Waals surface area (Å²) < 4.78 is 0. The molecule has 0 radical (unpaired) electrons. The molecule has 1 heteroatoms. The molecule has 0 spiro atoms. The monoisotopic (exact) mass is 234 g/mol. The summed E-state index contributed by atoms with van der Waals surface area (Å²) in [4.78, 5) is 0. The molecule has 1 aromatic rings. The summed E-state index contributed by atoms with van der Waals surface area (Å²) in [5.41, 5.74) is 2.53. The molecule has 0 bridgehead atoms. The molecular formula is C16H26O. The van der Waals surface area contributed by atoms with Crippen molar-refractivity contribution in [3.8, 4) is 5.75 Å². The second-order valence-corrected chi connectivity index (χ2v) is 5.30. The highest BCUT2D eigenvalue weighted by atomic mass is 16.3. The molecule has 0 saturated heterocycles. The van der Waals surface area contributed by atoms with Crippen LogP contribution in [0.3, 0.4) is 0 Å². The fourth-order valence-corrected chi connectivity index (χ4v) is 2.20. The summed E-state index contributed by atoms with van der Waals surface area (Å²) in [6.07, 6.45) is 6.95. The Balaban J connectivity index is 2.66. The van der Waals surface area contributed by atoms with Crippen LogP contribution < -0.4 is 0 Å². The van der Waals surface area contributed by atoms with Gasteiger partial charge in [-0.25, -0.2) is 0 Å². The topological polar surface area (TPSA) is 20.2 Å². The molecule has 0 amide bonds. The van der Waals surface area contributed by atoms with Crippen LogP contribution in [-0.2, 0) is 12.8 Å². The highest BCUT2D eigenvalue weighted by molar-refractivity contribution is 5.39. The molecule has 0 heterocycles. The molecule has 1 nitrogen and oxygen atoms in total. The number of aromatic hydroxyl groups is 1. The maximum Gasteiger partial charge on any atom is 0.119 e. The average Bonchev–Trinajstić information content (AvgIpc) is 2.29. The Labute approximate surface area is 106 Å². The zero-order valence-electron chi connectivity index (χ0n) is 11.5. The molecular weight excluding hydrogens is 208 g/mol. The number of aryl methyl sites for hydroxylation is 1. The van der Waals surface area contributed by atoms with E-state index in [1.54, 1.807) is 0 Å². The minimum atomic E-state index is 0.488. The van der Waals surface area contributed by atoms with Gasteiger partial charge < -0.3 is 5.11 Å². The molecule has 1 N–H and O–H groups in total. The van der Waals surface area contributed by atoms with Gasteiger partial charge in [-0.3, -0.25) is 0 Å². The zero-order valence-corrected chi connectivity index (χ0v) is 11.5. The Morgan fingerprint density at radius 2 is 1.88 bits per heavy atom. The van der Waals surface area contributed by atoms with Crippen LogP contribution in [-0.4, -0.2) is 5.11 Å². The third-order valence-electron chi connectivity index (χ3n) is 3.26. The Morgan fingerprint density at radius 1 is 1.12 bits per heavy atom. The number of phenolic OH excluding ortho intramolecular Hbond substituents is 1. The Morgan fingerprint density at radius 3 is 2.53 bits per heavy atom. The predicted octanol–water partition coefficient (Wildman–Crippen LogP) is 4.71. The predicted molar refractivity (Wildman–Crippen MR) is 74.5 cm³/mol. The number of rotatable bonds is 7. The molecule has 1 rings (SSSR count). The van der Waals surface area contributed by atoms with Crippen molar-refractivity contribution >= 4 is 0 Å². The van der Waals surface area contributed by atoms with Crippen LogP contribution in [0.5, 0.6) is 5.75 Å². The number of benzene rings is 1. The maximum atomic E-state index is 9.96. The lowest BCUT2D eigenvalue weighted by Gasteiger charge is -2.12. The Kier molecular flexibility index (Phi) is 6.10. The molecule has 0 aliphatic carbocycles. The van der Waals surface area contributed by atoms with E-state index >= 15 is 0 Å². The highest BCUT2D eigenvalue weighted by Gasteiger charge is 2.07. The van der Waals surface area contributed by atoms with Crippen molar-refractivity contribution in [3.63, 3.8) is 0 Å². The van der Waals surface area contributed by atoms with E-state index in [0.29, 0.717) is 5.75 Å². The first-order valence-electron chi connectivity index (χ1n) is 6.94. The normalized spacial score (nSPS) is 11.1. The molecule has 17 heavy (non-hydrogen) atoms. The van der Waals surface area contributed by atoms with E-state index < -0.39 is 0 Å². The largest absolute Gasteiger partial charge is 0.508 e. The molecule has 0 aromatic heterocycles. The minimum Gasteiger partial charge on any atom is -0.508 e. The van der Waals surface area contributed by atoms with Crippen LogP contribution in [0.1, 0.15) is 57.6 Å². The van der Waals surface area contributed by atoms with Gasteiger partial charge in [0, 0.05) is 0 Å². The summed E-state index contributed by atoms with van der Waals surface area (Å²) in [5.74, 6) is 1.24. The van der Waals surface area contributed by atoms with E-state index in [1.165, 1.54) is 36.8 Å². The van der Waals surface area contributed by atoms with Gasteiger partial charge in [0.2, 0.25) is 0 Å². The van der Waals surface area contributed by atoms with E-state index in [0.717, 1.165) is 18.8 Å². The van der Waals surface area contributed by atoms with Gasteiger partial charge in [0.1, 0.15) is 5.75 Å². The van der Waals surface area contributed by atoms with E-state index in [1.807, 2.05) is 12.1 Å². The maximum absolute atomic E-state index is 9.96. The molecule has 96 valence electrons. The van der Waals surface area contributed by atoms with E-state index in [9.17, 15) is 5.11 Å². The van der Waals surface area contributed by atoms with Gasteiger partial charge in [0.25, 0.3) is 0 Å². The summed E-state index contributed by atoms with van der Waals surface area (Å²) in [5, 5.41) is 9.96. The van der Waals surface area contributed by atoms with Crippen LogP contribution in [0.4, 0.5) is 0 Å². The standard InChI is InChI=1S/C16H26O/c1-4-5-9-14-10-7-12-16(17)15(14)11-6-8-13(2)3/h7,10,12-13,17H,4-6,8-9,11H2,1-3H3. The molecule has 0 aliphatic rings. The highest BCUT2D eigenvalue weighted by Crippen LogP contribution is 2.25. The smallest absolute Gasteiger partial charge is 0.119 e. The summed E-state index contributed by atoms with van der Waals surface area (Å²) in [6.45, 7) is 6.72. The quantitative estimate of drug-likeness (QED) is 0.724. The number of phenols is 1. The average molecular weight is 234 g/mol. The molecule has 0 unspecified atom stereocenters. The van der Waals surface area contributed by atoms with E-state index in [-0.39, 0.29) is 0 Å². The van der Waals surface area contributed by atoms with Gasteiger partial charge in [0.05, 0.1) is 0 Å². The molecule has 0 saturated carbocycles. The molecule has 1 aromatic carbocycles. The van der Waals surface area contributed by atoms with Crippen molar-refractivity contribution in [2.45, 2.75) is 59.3 Å². The Hall–Kier alpha value is -0.980. The molecule has 0 aliphatic heterocycles. The van der Waals surface area contributed by atoms with Crippen molar-refractivity contribution in [1.82, 2.24) is 0 Å². The summed E-state index contributed by atoms with van der Waals surface area (Å²) in [6, 6.07) is 5.95. The van der Waals surface area contributed by atoms with Gasteiger partial charge >= 0.3 is 0 Å².